The van der Waals surface area contributed by atoms with E-state index in [1.54, 1.807) is 12.1 Å². The molecule has 0 aromatic heterocycles. The highest BCUT2D eigenvalue weighted by atomic mass is 32.2. The molecule has 0 bridgehead atoms. The summed E-state index contributed by atoms with van der Waals surface area (Å²) in [4.78, 5) is 0.710. The van der Waals surface area contributed by atoms with Gasteiger partial charge < -0.3 is 15.2 Å². The van der Waals surface area contributed by atoms with Gasteiger partial charge in [0.1, 0.15) is 5.40 Å². The van der Waals surface area contributed by atoms with E-state index >= 15 is 0 Å². The Morgan fingerprint density at radius 3 is 2.60 bits per heavy atom. The Morgan fingerprint density at radius 1 is 1.27 bits per heavy atom. The lowest BCUT2D eigenvalue weighted by atomic mass is 10.3. The van der Waals surface area contributed by atoms with Gasteiger partial charge in [-0.15, -0.1) is 0 Å². The van der Waals surface area contributed by atoms with Crippen molar-refractivity contribution < 1.29 is 9.47 Å². The van der Waals surface area contributed by atoms with Gasteiger partial charge in [-0.05, 0) is 11.8 Å². The van der Waals surface area contributed by atoms with Crippen LogP contribution in [0.4, 0.5) is 5.69 Å². The molecule has 0 saturated heterocycles. The van der Waals surface area contributed by atoms with Crippen molar-refractivity contribution in [2.45, 2.75) is 11.3 Å². The van der Waals surface area contributed by atoms with Crippen molar-refractivity contribution in [2.24, 2.45) is 0 Å². The number of fused-ring (bicyclic) bond motifs is 1. The summed E-state index contributed by atoms with van der Waals surface area (Å²) in [5, 5.41) is 10.6. The fourth-order valence-electron chi connectivity index (χ4n) is 1.34. The lowest BCUT2D eigenvalue weighted by Crippen LogP contribution is -1.97. The molecule has 1 heterocycles. The maximum Gasteiger partial charge on any atom is 0.163 e. The fraction of sp³-hybridized carbons (Fsp3) is 0.300. The van der Waals surface area contributed by atoms with Crippen molar-refractivity contribution in [3.8, 4) is 16.9 Å². The Kier molecular flexibility index (Phi) is 2.88. The second kappa shape index (κ2) is 4.32. The van der Waals surface area contributed by atoms with E-state index in [-0.39, 0.29) is 0 Å². The zero-order valence-electron chi connectivity index (χ0n) is 8.03. The lowest BCUT2D eigenvalue weighted by molar-refractivity contribution is 0.297. The molecule has 0 unspecified atom stereocenters. The number of thioether (sulfide) groups is 1. The van der Waals surface area contributed by atoms with Crippen molar-refractivity contribution >= 4 is 17.4 Å². The fourth-order valence-corrected chi connectivity index (χ4v) is 1.78. The molecule has 0 atom stereocenters. The molecule has 0 amide bonds. The Bertz CT molecular complexity index is 415. The molecule has 0 fully saturated rings. The van der Waals surface area contributed by atoms with Gasteiger partial charge in [-0.25, -0.2) is 0 Å². The van der Waals surface area contributed by atoms with E-state index in [4.69, 9.17) is 20.5 Å². The molecule has 2 rings (SSSR count). The summed E-state index contributed by atoms with van der Waals surface area (Å²) in [7, 11) is 0. The first kappa shape index (κ1) is 9.99. The molecular weight excluding hydrogens is 212 g/mol. The van der Waals surface area contributed by atoms with Crippen LogP contribution in [0, 0.1) is 10.7 Å². The zero-order chi connectivity index (χ0) is 10.7. The Morgan fingerprint density at radius 2 is 1.93 bits per heavy atom. The summed E-state index contributed by atoms with van der Waals surface area (Å²) in [6.45, 7) is 1.27. The molecule has 0 saturated carbocycles. The lowest BCUT2D eigenvalue weighted by Gasteiger charge is -2.09. The number of nitrogens with two attached hydrogens (primary N) is 1. The van der Waals surface area contributed by atoms with Crippen molar-refractivity contribution in [1.29, 1.82) is 5.26 Å². The Hall–Kier alpha value is -1.54. The highest BCUT2D eigenvalue weighted by molar-refractivity contribution is 8.03. The van der Waals surface area contributed by atoms with Crippen LogP contribution in [0.1, 0.15) is 6.42 Å². The molecule has 15 heavy (non-hydrogen) atoms. The van der Waals surface area contributed by atoms with Gasteiger partial charge in [0, 0.05) is 23.4 Å². The van der Waals surface area contributed by atoms with Gasteiger partial charge in [0.25, 0.3) is 0 Å². The van der Waals surface area contributed by atoms with Crippen molar-refractivity contribution in [3.05, 3.63) is 12.1 Å². The van der Waals surface area contributed by atoms with E-state index in [0.717, 1.165) is 18.2 Å². The third kappa shape index (κ3) is 2.10. The summed E-state index contributed by atoms with van der Waals surface area (Å²) in [6, 6.07) is 3.46. The molecule has 0 radical (unpaired) electrons. The number of nitriles is 1. The number of nitrogen functional groups attached to an aromatic ring is 1. The van der Waals surface area contributed by atoms with E-state index < -0.39 is 0 Å². The maximum atomic E-state index is 8.59. The summed E-state index contributed by atoms with van der Waals surface area (Å²) >= 11 is 1.03. The highest BCUT2D eigenvalue weighted by Gasteiger charge is 2.13. The van der Waals surface area contributed by atoms with Crippen LogP contribution in [0.2, 0.25) is 0 Å². The minimum absolute atomic E-state index is 0.547. The van der Waals surface area contributed by atoms with Gasteiger partial charge >= 0.3 is 0 Å². The van der Waals surface area contributed by atoms with Crippen LogP contribution in [0.25, 0.3) is 0 Å². The van der Waals surface area contributed by atoms with Crippen LogP contribution in [-0.2, 0) is 0 Å². The van der Waals surface area contributed by atoms with Crippen LogP contribution >= 0.6 is 11.8 Å². The standard InChI is InChI=1S/C10H10N2O2S/c11-6-15-10-5-9-8(4-7(10)12)13-2-1-3-14-9/h4-5H,1-3,12H2. The van der Waals surface area contributed by atoms with Crippen LogP contribution in [0.5, 0.6) is 11.5 Å². The first-order chi connectivity index (χ1) is 7.31. The molecule has 1 aromatic carbocycles. The van der Waals surface area contributed by atoms with Crippen molar-refractivity contribution in [3.63, 3.8) is 0 Å². The van der Waals surface area contributed by atoms with E-state index in [9.17, 15) is 0 Å². The third-order valence-corrected chi connectivity index (χ3v) is 2.70. The Balaban J connectivity index is 2.39. The predicted octanol–water partition coefficient (Wildman–Crippen LogP) is 2.00. The second-order valence-corrected chi connectivity index (χ2v) is 3.91. The minimum Gasteiger partial charge on any atom is -0.490 e. The van der Waals surface area contributed by atoms with Gasteiger partial charge in [0.15, 0.2) is 11.5 Å². The number of benzene rings is 1. The Labute approximate surface area is 92.0 Å². The quantitative estimate of drug-likeness (QED) is 0.447. The van der Waals surface area contributed by atoms with Crippen LogP contribution < -0.4 is 15.2 Å². The normalized spacial score (nSPS) is 14.1. The second-order valence-electron chi connectivity index (χ2n) is 3.08. The summed E-state index contributed by atoms with van der Waals surface area (Å²) in [5.41, 5.74) is 6.32. The first-order valence-corrected chi connectivity index (χ1v) is 5.38. The number of ether oxygens (including phenoxy) is 2. The smallest absolute Gasteiger partial charge is 0.163 e. The molecule has 0 spiro atoms. The van der Waals surface area contributed by atoms with Gasteiger partial charge in [-0.1, -0.05) is 0 Å². The average Bonchev–Trinajstić information content (AvgIpc) is 2.44. The molecule has 1 aliphatic rings. The first-order valence-electron chi connectivity index (χ1n) is 4.56. The molecule has 78 valence electrons. The molecule has 4 nitrogen and oxygen atoms in total. The number of hydrogen-bond acceptors (Lipinski definition) is 5. The average molecular weight is 222 g/mol. The van der Waals surface area contributed by atoms with Crippen molar-refractivity contribution in [1.82, 2.24) is 0 Å². The number of anilines is 1. The number of nitrogens with zero attached hydrogens (tertiary/aromatic N) is 1. The summed E-state index contributed by atoms with van der Waals surface area (Å²) in [6.07, 6.45) is 0.856. The highest BCUT2D eigenvalue weighted by Crippen LogP contribution is 2.37. The maximum absolute atomic E-state index is 8.59. The van der Waals surface area contributed by atoms with Crippen LogP contribution in [0.15, 0.2) is 17.0 Å². The topological polar surface area (TPSA) is 68.3 Å². The number of rotatable bonds is 1. The van der Waals surface area contributed by atoms with E-state index in [0.29, 0.717) is 35.3 Å². The minimum atomic E-state index is 0.547. The van der Waals surface area contributed by atoms with Gasteiger partial charge in [0.05, 0.1) is 18.9 Å². The van der Waals surface area contributed by atoms with E-state index in [1.807, 2.05) is 5.40 Å². The largest absolute Gasteiger partial charge is 0.490 e. The van der Waals surface area contributed by atoms with Crippen molar-refractivity contribution in [2.75, 3.05) is 18.9 Å². The monoisotopic (exact) mass is 222 g/mol. The van der Waals surface area contributed by atoms with Crippen LogP contribution in [-0.4, -0.2) is 13.2 Å². The van der Waals surface area contributed by atoms with Gasteiger partial charge in [-0.2, -0.15) is 5.26 Å². The molecule has 2 N–H and O–H groups in total. The van der Waals surface area contributed by atoms with E-state index in [2.05, 4.69) is 0 Å². The molecule has 5 heteroatoms. The molecular formula is C10H10N2O2S. The summed E-state index contributed by atoms with van der Waals surface area (Å²) < 4.78 is 11.0. The third-order valence-electron chi connectivity index (χ3n) is 2.04. The molecule has 0 aliphatic carbocycles. The van der Waals surface area contributed by atoms with E-state index in [1.165, 1.54) is 0 Å². The summed E-state index contributed by atoms with van der Waals surface area (Å²) in [5.74, 6) is 1.33. The SMILES string of the molecule is N#CSc1cc2c(cc1N)OCCCO2. The predicted molar refractivity (Wildman–Crippen MR) is 57.9 cm³/mol. The number of hydrogen-bond donors (Lipinski definition) is 1. The molecule has 1 aromatic rings. The van der Waals surface area contributed by atoms with Gasteiger partial charge in [0.2, 0.25) is 0 Å². The zero-order valence-corrected chi connectivity index (χ0v) is 8.84. The molecule has 1 aliphatic heterocycles. The van der Waals surface area contributed by atoms with Gasteiger partial charge in [-0.3, -0.25) is 0 Å². The van der Waals surface area contributed by atoms with Crippen LogP contribution in [0.3, 0.4) is 0 Å². The number of thiocyanates is 1.